The van der Waals surface area contributed by atoms with Gasteiger partial charge in [0.1, 0.15) is 11.8 Å². The maximum atomic E-state index is 13.7. The van der Waals surface area contributed by atoms with Gasteiger partial charge in [-0.1, -0.05) is 66.2 Å². The lowest BCUT2D eigenvalue weighted by Crippen LogP contribution is -2.55. The van der Waals surface area contributed by atoms with Crippen LogP contribution in [0.5, 0.6) is 5.75 Å². The zero-order valence-electron chi connectivity index (χ0n) is 21.1. The van der Waals surface area contributed by atoms with Crippen LogP contribution in [0.4, 0.5) is 0 Å². The summed E-state index contributed by atoms with van der Waals surface area (Å²) in [6.07, 6.45) is 0.380. The molecule has 0 spiro atoms. The van der Waals surface area contributed by atoms with Gasteiger partial charge in [0.15, 0.2) is 6.61 Å². The van der Waals surface area contributed by atoms with Gasteiger partial charge in [0.2, 0.25) is 5.91 Å². The molecule has 0 aromatic heterocycles. The van der Waals surface area contributed by atoms with Crippen LogP contribution in [0.25, 0.3) is 0 Å². The summed E-state index contributed by atoms with van der Waals surface area (Å²) in [7, 11) is 0. The van der Waals surface area contributed by atoms with Gasteiger partial charge in [-0.15, -0.1) is 0 Å². The Hall–Kier alpha value is -2.83. The fourth-order valence-corrected chi connectivity index (χ4v) is 4.59. The molecular weight excluding hydrogens is 540 g/mol. The van der Waals surface area contributed by atoms with Gasteiger partial charge in [0.25, 0.3) is 5.91 Å². The molecule has 0 aliphatic heterocycles. The standard InChI is InChI=1S/C29H32BrClN2O3/c1-20-10-8-9-13-22(20)18-33(27(34)19-36-26-15-14-23(31)17-24(26)30)25(28(35)32-29(2,3)4)16-21-11-6-5-7-12-21/h5-15,17,25H,16,18-19H2,1-4H3,(H,32,35)/t25-/m1/s1. The van der Waals surface area contributed by atoms with Crippen LogP contribution < -0.4 is 10.1 Å². The van der Waals surface area contributed by atoms with Crippen molar-refractivity contribution in [3.05, 3.63) is 99.0 Å². The van der Waals surface area contributed by atoms with E-state index in [0.717, 1.165) is 16.7 Å². The Morgan fingerprint density at radius 3 is 2.33 bits per heavy atom. The van der Waals surface area contributed by atoms with E-state index in [4.69, 9.17) is 16.3 Å². The SMILES string of the molecule is Cc1ccccc1CN(C(=O)COc1ccc(Cl)cc1Br)[C@H](Cc1ccccc1)C(=O)NC(C)(C)C. The van der Waals surface area contributed by atoms with Gasteiger partial charge >= 0.3 is 0 Å². The molecule has 36 heavy (non-hydrogen) atoms. The Balaban J connectivity index is 1.95. The van der Waals surface area contributed by atoms with E-state index < -0.39 is 11.6 Å². The molecule has 0 heterocycles. The smallest absolute Gasteiger partial charge is 0.261 e. The highest BCUT2D eigenvalue weighted by molar-refractivity contribution is 9.10. The third-order valence-corrected chi connectivity index (χ3v) is 6.47. The van der Waals surface area contributed by atoms with E-state index in [1.165, 1.54) is 0 Å². The minimum atomic E-state index is -0.726. The first kappa shape index (κ1) is 27.8. The summed E-state index contributed by atoms with van der Waals surface area (Å²) in [6, 6.07) is 22.0. The molecule has 0 radical (unpaired) electrons. The second-order valence-corrected chi connectivity index (χ2v) is 11.0. The number of hydrogen-bond donors (Lipinski definition) is 1. The molecule has 0 saturated heterocycles. The maximum Gasteiger partial charge on any atom is 0.261 e. The van der Waals surface area contributed by atoms with Crippen molar-refractivity contribution in [3.63, 3.8) is 0 Å². The quantitative estimate of drug-likeness (QED) is 0.326. The summed E-state index contributed by atoms with van der Waals surface area (Å²) in [6.45, 7) is 7.85. The number of benzene rings is 3. The molecule has 3 rings (SSSR count). The Kier molecular flexibility index (Phi) is 9.57. The van der Waals surface area contributed by atoms with E-state index >= 15 is 0 Å². The molecule has 0 aliphatic rings. The van der Waals surface area contributed by atoms with Crippen LogP contribution in [0.2, 0.25) is 5.02 Å². The van der Waals surface area contributed by atoms with Crippen LogP contribution in [0, 0.1) is 6.92 Å². The second-order valence-electron chi connectivity index (χ2n) is 9.76. The number of carbonyl (C=O) groups is 2. The molecule has 0 aliphatic carbocycles. The van der Waals surface area contributed by atoms with E-state index in [-0.39, 0.29) is 25.0 Å². The number of carbonyl (C=O) groups excluding carboxylic acids is 2. The maximum absolute atomic E-state index is 13.7. The summed E-state index contributed by atoms with van der Waals surface area (Å²) in [5.41, 5.74) is 2.54. The van der Waals surface area contributed by atoms with Crippen LogP contribution >= 0.6 is 27.5 Å². The average molecular weight is 572 g/mol. The molecule has 2 amide bonds. The number of ether oxygens (including phenoxy) is 1. The van der Waals surface area contributed by atoms with Crippen molar-refractivity contribution >= 4 is 39.3 Å². The van der Waals surface area contributed by atoms with E-state index in [1.807, 2.05) is 82.3 Å². The Morgan fingerprint density at radius 2 is 1.69 bits per heavy atom. The predicted octanol–water partition coefficient (Wildman–Crippen LogP) is 6.34. The van der Waals surface area contributed by atoms with E-state index in [9.17, 15) is 9.59 Å². The lowest BCUT2D eigenvalue weighted by atomic mass is 10.00. The van der Waals surface area contributed by atoms with Crippen LogP contribution in [-0.4, -0.2) is 34.9 Å². The van der Waals surface area contributed by atoms with E-state index in [1.54, 1.807) is 23.1 Å². The normalized spacial score (nSPS) is 12.1. The third kappa shape index (κ3) is 8.10. The van der Waals surface area contributed by atoms with Gasteiger partial charge in [-0.2, -0.15) is 0 Å². The highest BCUT2D eigenvalue weighted by Crippen LogP contribution is 2.28. The molecule has 0 fully saturated rings. The summed E-state index contributed by atoms with van der Waals surface area (Å²) in [4.78, 5) is 28.9. The van der Waals surface area contributed by atoms with E-state index in [0.29, 0.717) is 21.7 Å². The van der Waals surface area contributed by atoms with E-state index in [2.05, 4.69) is 21.2 Å². The molecular formula is C29H32BrClN2O3. The van der Waals surface area contributed by atoms with Gasteiger partial charge < -0.3 is 15.0 Å². The zero-order valence-corrected chi connectivity index (χ0v) is 23.4. The molecule has 3 aromatic carbocycles. The highest BCUT2D eigenvalue weighted by Gasteiger charge is 2.32. The summed E-state index contributed by atoms with van der Waals surface area (Å²) >= 11 is 9.46. The summed E-state index contributed by atoms with van der Waals surface area (Å²) in [5, 5.41) is 3.63. The molecule has 0 saturated carbocycles. The number of halogens is 2. The molecule has 190 valence electrons. The average Bonchev–Trinajstić information content (AvgIpc) is 2.81. The lowest BCUT2D eigenvalue weighted by molar-refractivity contribution is -0.143. The van der Waals surface area contributed by atoms with Gasteiger partial charge in [-0.25, -0.2) is 0 Å². The number of nitrogens with zero attached hydrogens (tertiary/aromatic N) is 1. The molecule has 0 unspecified atom stereocenters. The summed E-state index contributed by atoms with van der Waals surface area (Å²) in [5.74, 6) is 0.00778. The largest absolute Gasteiger partial charge is 0.483 e. The van der Waals surface area contributed by atoms with Crippen molar-refractivity contribution in [1.29, 1.82) is 0 Å². The summed E-state index contributed by atoms with van der Waals surface area (Å²) < 4.78 is 6.51. The van der Waals surface area contributed by atoms with Crippen molar-refractivity contribution in [2.75, 3.05) is 6.61 Å². The Labute approximate surface area is 226 Å². The molecule has 3 aromatic rings. The molecule has 1 atom stereocenters. The first-order valence-electron chi connectivity index (χ1n) is 11.8. The van der Waals surface area contributed by atoms with Crippen molar-refractivity contribution < 1.29 is 14.3 Å². The first-order valence-corrected chi connectivity index (χ1v) is 13.0. The van der Waals surface area contributed by atoms with Crippen LogP contribution in [0.1, 0.15) is 37.5 Å². The Morgan fingerprint density at radius 1 is 1.03 bits per heavy atom. The number of aryl methyl sites for hydroxylation is 1. The van der Waals surface area contributed by atoms with Gasteiger partial charge in [-0.05, 0) is 78.5 Å². The van der Waals surface area contributed by atoms with Crippen molar-refractivity contribution in [3.8, 4) is 5.75 Å². The third-order valence-electron chi connectivity index (χ3n) is 5.62. The monoisotopic (exact) mass is 570 g/mol. The number of rotatable bonds is 9. The highest BCUT2D eigenvalue weighted by atomic mass is 79.9. The van der Waals surface area contributed by atoms with Crippen molar-refractivity contribution in [2.45, 2.75) is 52.2 Å². The van der Waals surface area contributed by atoms with Crippen molar-refractivity contribution in [2.24, 2.45) is 0 Å². The fourth-order valence-electron chi connectivity index (χ4n) is 3.79. The second kappa shape index (κ2) is 12.4. The molecule has 7 heteroatoms. The minimum absolute atomic E-state index is 0.207. The number of amides is 2. The van der Waals surface area contributed by atoms with Gasteiger partial charge in [0, 0.05) is 23.5 Å². The Bertz CT molecular complexity index is 1190. The topological polar surface area (TPSA) is 58.6 Å². The number of nitrogens with one attached hydrogen (secondary N) is 1. The molecule has 5 nitrogen and oxygen atoms in total. The number of hydrogen-bond acceptors (Lipinski definition) is 3. The van der Waals surface area contributed by atoms with Gasteiger partial charge in [-0.3, -0.25) is 9.59 Å². The predicted molar refractivity (Wildman–Crippen MR) is 148 cm³/mol. The fraction of sp³-hybridized carbons (Fsp3) is 0.310. The first-order chi connectivity index (χ1) is 17.0. The zero-order chi connectivity index (χ0) is 26.3. The molecule has 1 N–H and O–H groups in total. The van der Waals surface area contributed by atoms with Crippen LogP contribution in [0.15, 0.2) is 77.3 Å². The van der Waals surface area contributed by atoms with Crippen LogP contribution in [0.3, 0.4) is 0 Å². The van der Waals surface area contributed by atoms with Crippen molar-refractivity contribution in [1.82, 2.24) is 10.2 Å². The van der Waals surface area contributed by atoms with Crippen LogP contribution in [-0.2, 0) is 22.6 Å². The van der Waals surface area contributed by atoms with Gasteiger partial charge in [0.05, 0.1) is 4.47 Å². The molecule has 0 bridgehead atoms. The lowest BCUT2D eigenvalue weighted by Gasteiger charge is -2.34. The minimum Gasteiger partial charge on any atom is -0.483 e.